The molecule has 0 radical (unpaired) electrons. The van der Waals surface area contributed by atoms with E-state index in [0.29, 0.717) is 0 Å². The van der Waals surface area contributed by atoms with Gasteiger partial charge in [-0.1, -0.05) is 0 Å². The van der Waals surface area contributed by atoms with Crippen LogP contribution in [0.5, 0.6) is 0 Å². The van der Waals surface area contributed by atoms with Crippen molar-refractivity contribution in [1.29, 1.82) is 0 Å². The van der Waals surface area contributed by atoms with E-state index < -0.39 is 55.4 Å². The second-order valence-corrected chi connectivity index (χ2v) is 3.82. The van der Waals surface area contributed by atoms with E-state index in [1.54, 1.807) is 0 Å². The first kappa shape index (κ1) is 15.0. The number of hydrogen-bond donors (Lipinski definition) is 2. The maximum atomic E-state index is 11.1. The molecule has 0 spiro atoms. The lowest BCUT2D eigenvalue weighted by Crippen LogP contribution is -2.15. The Hall–Kier alpha value is -3.04. The Morgan fingerprint density at radius 1 is 0.850 bits per heavy atom. The molecule has 0 saturated heterocycles. The average molecular weight is 284 g/mol. The van der Waals surface area contributed by atoms with Gasteiger partial charge < -0.3 is 10.2 Å². The van der Waals surface area contributed by atoms with Crippen molar-refractivity contribution in [2.24, 2.45) is 0 Å². The Morgan fingerprint density at radius 2 is 1.15 bits per heavy atom. The number of carboxylic acids is 2. The second kappa shape index (κ2) is 4.91. The van der Waals surface area contributed by atoms with Gasteiger partial charge in [-0.05, 0) is 19.4 Å². The average Bonchev–Trinajstić information content (AvgIpc) is 2.28. The molecular formula is C10H8N2O8. The summed E-state index contributed by atoms with van der Waals surface area (Å²) in [6.07, 6.45) is 0. The zero-order valence-corrected chi connectivity index (χ0v) is 10.2. The molecule has 0 unspecified atom stereocenters. The zero-order valence-electron chi connectivity index (χ0n) is 10.2. The predicted molar refractivity (Wildman–Crippen MR) is 63.1 cm³/mol. The van der Waals surface area contributed by atoms with Gasteiger partial charge in [0, 0.05) is 0 Å². The zero-order chi connectivity index (χ0) is 15.8. The van der Waals surface area contributed by atoms with Crippen molar-refractivity contribution in [3.8, 4) is 0 Å². The highest BCUT2D eigenvalue weighted by atomic mass is 16.6. The van der Waals surface area contributed by atoms with Crippen LogP contribution in [0.25, 0.3) is 0 Å². The predicted octanol–water partition coefficient (Wildman–Crippen LogP) is 1.52. The van der Waals surface area contributed by atoms with Gasteiger partial charge in [0.05, 0.1) is 9.85 Å². The highest BCUT2D eigenvalue weighted by Crippen LogP contribution is 2.37. The van der Waals surface area contributed by atoms with Crippen LogP contribution in [0.4, 0.5) is 11.4 Å². The lowest BCUT2D eigenvalue weighted by atomic mass is 9.94. The van der Waals surface area contributed by atoms with Crippen molar-refractivity contribution >= 4 is 23.3 Å². The van der Waals surface area contributed by atoms with E-state index in [4.69, 9.17) is 10.2 Å². The second-order valence-electron chi connectivity index (χ2n) is 3.82. The molecule has 1 aromatic carbocycles. The van der Waals surface area contributed by atoms with Crippen LogP contribution in [-0.4, -0.2) is 32.0 Å². The van der Waals surface area contributed by atoms with E-state index >= 15 is 0 Å². The fourth-order valence-electron chi connectivity index (χ4n) is 1.95. The first-order valence-corrected chi connectivity index (χ1v) is 5.03. The standard InChI is InChI=1S/C10H8N2O8/c1-3-5(9(13)14)7(11(17)18)4(2)8(12(19)20)6(3)10(15)16/h1-2H3,(H,13,14)(H,15,16). The maximum Gasteiger partial charge on any atom is 0.343 e. The molecular weight excluding hydrogens is 276 g/mol. The molecule has 0 aromatic heterocycles. The van der Waals surface area contributed by atoms with Gasteiger partial charge in [-0.3, -0.25) is 20.2 Å². The summed E-state index contributed by atoms with van der Waals surface area (Å²) in [5, 5.41) is 39.8. The minimum atomic E-state index is -1.73. The van der Waals surface area contributed by atoms with Crippen molar-refractivity contribution in [2.45, 2.75) is 13.8 Å². The summed E-state index contributed by atoms with van der Waals surface area (Å²) in [6, 6.07) is 0. The lowest BCUT2D eigenvalue weighted by Gasteiger charge is -2.10. The molecule has 106 valence electrons. The Bertz CT molecular complexity index is 554. The van der Waals surface area contributed by atoms with Crippen molar-refractivity contribution < 1.29 is 29.6 Å². The highest BCUT2D eigenvalue weighted by Gasteiger charge is 2.38. The van der Waals surface area contributed by atoms with Gasteiger partial charge >= 0.3 is 11.9 Å². The third kappa shape index (κ3) is 2.13. The molecule has 0 aliphatic rings. The van der Waals surface area contributed by atoms with Crippen LogP contribution in [0.1, 0.15) is 31.8 Å². The van der Waals surface area contributed by atoms with Gasteiger partial charge in [0.2, 0.25) is 0 Å². The topological polar surface area (TPSA) is 161 Å². The molecule has 0 amide bonds. The van der Waals surface area contributed by atoms with Gasteiger partial charge in [-0.2, -0.15) is 0 Å². The van der Waals surface area contributed by atoms with E-state index in [9.17, 15) is 29.8 Å². The number of carboxylic acid groups (broad SMARTS) is 2. The van der Waals surface area contributed by atoms with Gasteiger partial charge in [0.25, 0.3) is 11.4 Å². The van der Waals surface area contributed by atoms with Gasteiger partial charge in [-0.25, -0.2) is 9.59 Å². The molecule has 0 aliphatic carbocycles. The van der Waals surface area contributed by atoms with Crippen LogP contribution in [0, 0.1) is 34.1 Å². The number of nitrogens with zero attached hydrogens (tertiary/aromatic N) is 2. The lowest BCUT2D eigenvalue weighted by molar-refractivity contribution is -0.395. The van der Waals surface area contributed by atoms with E-state index in [0.717, 1.165) is 13.8 Å². The summed E-state index contributed by atoms with van der Waals surface area (Å²) < 4.78 is 0. The molecule has 0 heterocycles. The number of nitro groups is 2. The summed E-state index contributed by atoms with van der Waals surface area (Å²) in [5.74, 6) is -3.45. The minimum Gasteiger partial charge on any atom is -0.477 e. The fraction of sp³-hybridized carbons (Fsp3) is 0.200. The smallest absolute Gasteiger partial charge is 0.343 e. The summed E-state index contributed by atoms with van der Waals surface area (Å²) in [4.78, 5) is 41.9. The largest absolute Gasteiger partial charge is 0.477 e. The normalized spacial score (nSPS) is 10.1. The van der Waals surface area contributed by atoms with E-state index in [1.165, 1.54) is 0 Å². The quantitative estimate of drug-likeness (QED) is 0.621. The first-order valence-electron chi connectivity index (χ1n) is 5.03. The van der Waals surface area contributed by atoms with E-state index in [1.807, 2.05) is 0 Å². The molecule has 0 atom stereocenters. The van der Waals surface area contributed by atoms with Crippen molar-refractivity contribution in [3.05, 3.63) is 42.5 Å². The summed E-state index contributed by atoms with van der Waals surface area (Å²) in [7, 11) is 0. The molecule has 1 aromatic rings. The highest BCUT2D eigenvalue weighted by molar-refractivity contribution is 6.03. The number of hydrogen-bond acceptors (Lipinski definition) is 6. The number of nitro benzene ring substituents is 2. The molecule has 1 rings (SSSR count). The molecule has 2 N–H and O–H groups in total. The third-order valence-corrected chi connectivity index (χ3v) is 2.73. The first-order chi connectivity index (χ1) is 9.11. The number of benzene rings is 1. The van der Waals surface area contributed by atoms with Crippen LogP contribution in [0.15, 0.2) is 0 Å². The monoisotopic (exact) mass is 284 g/mol. The molecule has 20 heavy (non-hydrogen) atoms. The van der Waals surface area contributed by atoms with Crippen molar-refractivity contribution in [1.82, 2.24) is 0 Å². The Labute approximate surface area is 110 Å². The SMILES string of the molecule is Cc1c(C(=O)O)c([N+](=O)[O-])c(C)c([N+](=O)[O-])c1C(=O)O. The van der Waals surface area contributed by atoms with Gasteiger partial charge in [0.1, 0.15) is 16.7 Å². The summed E-state index contributed by atoms with van der Waals surface area (Å²) >= 11 is 0. The molecule has 10 heteroatoms. The molecule has 0 aliphatic heterocycles. The van der Waals surface area contributed by atoms with Gasteiger partial charge in [-0.15, -0.1) is 0 Å². The van der Waals surface area contributed by atoms with Crippen LogP contribution in [0.3, 0.4) is 0 Å². The minimum absolute atomic E-state index is 0.533. The number of rotatable bonds is 4. The maximum absolute atomic E-state index is 11.1. The van der Waals surface area contributed by atoms with E-state index in [2.05, 4.69) is 0 Å². The van der Waals surface area contributed by atoms with Crippen LogP contribution < -0.4 is 0 Å². The molecule has 0 fully saturated rings. The van der Waals surface area contributed by atoms with Crippen molar-refractivity contribution in [2.75, 3.05) is 0 Å². The number of carbonyl (C=O) groups is 2. The third-order valence-electron chi connectivity index (χ3n) is 2.73. The number of aromatic carboxylic acids is 2. The Kier molecular flexibility index (Phi) is 3.69. The van der Waals surface area contributed by atoms with E-state index in [-0.39, 0.29) is 0 Å². The summed E-state index contributed by atoms with van der Waals surface area (Å²) in [6.45, 7) is 1.92. The van der Waals surface area contributed by atoms with Crippen LogP contribution >= 0.6 is 0 Å². The Balaban J connectivity index is 4.10. The molecule has 10 nitrogen and oxygen atoms in total. The molecule has 0 saturated carbocycles. The fourth-order valence-corrected chi connectivity index (χ4v) is 1.95. The van der Waals surface area contributed by atoms with Crippen LogP contribution in [0.2, 0.25) is 0 Å². The van der Waals surface area contributed by atoms with Crippen molar-refractivity contribution in [3.63, 3.8) is 0 Å². The Morgan fingerprint density at radius 3 is 1.35 bits per heavy atom. The van der Waals surface area contributed by atoms with Crippen LogP contribution in [-0.2, 0) is 0 Å². The summed E-state index contributed by atoms with van der Waals surface area (Å²) in [5.41, 5.74) is -4.83. The molecule has 0 bridgehead atoms. The van der Waals surface area contributed by atoms with Gasteiger partial charge in [0.15, 0.2) is 0 Å².